The van der Waals surface area contributed by atoms with Gasteiger partial charge in [-0.1, -0.05) is 26.3 Å². The first-order chi connectivity index (χ1) is 13.0. The standard InChI is InChI=1S/C21H27N3O3/c1-5-13(2)10-19(25)22-12-16-11-15-8-14(3)9-17(21(15)27-16)18-6-7-20(26-4)24-23-18/h6-9,13,16H,5,10-12H2,1-4H3,(H,22,25). The van der Waals surface area contributed by atoms with Crippen molar-refractivity contribution >= 4 is 5.91 Å². The third-order valence-electron chi connectivity index (χ3n) is 4.93. The van der Waals surface area contributed by atoms with Crippen LogP contribution in [0.25, 0.3) is 11.3 Å². The molecule has 1 aliphatic heterocycles. The molecule has 0 radical (unpaired) electrons. The third-order valence-corrected chi connectivity index (χ3v) is 4.93. The summed E-state index contributed by atoms with van der Waals surface area (Å²) in [5.74, 6) is 1.79. The summed E-state index contributed by atoms with van der Waals surface area (Å²) in [5, 5.41) is 11.3. The van der Waals surface area contributed by atoms with Crippen LogP contribution in [0.15, 0.2) is 24.3 Å². The van der Waals surface area contributed by atoms with Crippen LogP contribution in [0.5, 0.6) is 11.6 Å². The molecule has 6 nitrogen and oxygen atoms in total. The Morgan fingerprint density at radius 2 is 2.19 bits per heavy atom. The van der Waals surface area contributed by atoms with Gasteiger partial charge in [0.05, 0.1) is 19.3 Å². The smallest absolute Gasteiger partial charge is 0.233 e. The summed E-state index contributed by atoms with van der Waals surface area (Å²) in [4.78, 5) is 12.0. The van der Waals surface area contributed by atoms with Crippen molar-refractivity contribution in [3.8, 4) is 22.9 Å². The van der Waals surface area contributed by atoms with Gasteiger partial charge in [0, 0.05) is 24.5 Å². The minimum absolute atomic E-state index is 0.0624. The lowest BCUT2D eigenvalue weighted by Crippen LogP contribution is -2.35. The van der Waals surface area contributed by atoms with Crippen molar-refractivity contribution in [2.45, 2.75) is 46.1 Å². The zero-order valence-electron chi connectivity index (χ0n) is 16.4. The Labute approximate surface area is 160 Å². The van der Waals surface area contributed by atoms with Gasteiger partial charge in [0.2, 0.25) is 11.8 Å². The number of methoxy groups -OCH3 is 1. The number of fused-ring (bicyclic) bond motifs is 1. The number of carbonyl (C=O) groups excluding carboxylic acids is 1. The molecule has 0 aliphatic carbocycles. The Balaban J connectivity index is 1.72. The van der Waals surface area contributed by atoms with Crippen molar-refractivity contribution in [1.82, 2.24) is 15.5 Å². The number of rotatable bonds is 7. The molecule has 1 N–H and O–H groups in total. The predicted octanol–water partition coefficient (Wildman–Crippen LogP) is 3.32. The second-order valence-electron chi connectivity index (χ2n) is 7.23. The van der Waals surface area contributed by atoms with Gasteiger partial charge in [0.1, 0.15) is 11.9 Å². The number of hydrogen-bond acceptors (Lipinski definition) is 5. The lowest BCUT2D eigenvalue weighted by atomic mass is 10.0. The molecule has 1 aromatic carbocycles. The summed E-state index contributed by atoms with van der Waals surface area (Å²) in [6, 6.07) is 7.86. The molecule has 2 atom stereocenters. The molecule has 0 spiro atoms. The number of aryl methyl sites for hydroxylation is 1. The maximum Gasteiger partial charge on any atom is 0.233 e. The number of benzene rings is 1. The number of ether oxygens (including phenoxy) is 2. The van der Waals surface area contributed by atoms with Crippen molar-refractivity contribution in [1.29, 1.82) is 0 Å². The van der Waals surface area contributed by atoms with E-state index < -0.39 is 0 Å². The quantitative estimate of drug-likeness (QED) is 0.810. The predicted molar refractivity (Wildman–Crippen MR) is 104 cm³/mol. The lowest BCUT2D eigenvalue weighted by Gasteiger charge is -2.14. The highest BCUT2D eigenvalue weighted by atomic mass is 16.5. The van der Waals surface area contributed by atoms with Gasteiger partial charge >= 0.3 is 0 Å². The number of amides is 1. The summed E-state index contributed by atoms with van der Waals surface area (Å²) in [6.45, 7) is 6.76. The molecule has 2 unspecified atom stereocenters. The first-order valence-corrected chi connectivity index (χ1v) is 9.45. The van der Waals surface area contributed by atoms with E-state index >= 15 is 0 Å². The number of nitrogens with zero attached hydrogens (tertiary/aromatic N) is 2. The van der Waals surface area contributed by atoms with Gasteiger partial charge in [-0.2, -0.15) is 0 Å². The maximum absolute atomic E-state index is 12.0. The first-order valence-electron chi connectivity index (χ1n) is 9.45. The molecule has 2 heterocycles. The van der Waals surface area contributed by atoms with Gasteiger partial charge in [-0.15, -0.1) is 10.2 Å². The van der Waals surface area contributed by atoms with Crippen molar-refractivity contribution in [2.24, 2.45) is 5.92 Å². The van der Waals surface area contributed by atoms with E-state index in [9.17, 15) is 4.79 Å². The van der Waals surface area contributed by atoms with Crippen LogP contribution in [-0.4, -0.2) is 35.9 Å². The first kappa shape index (κ1) is 19.1. The minimum Gasteiger partial charge on any atom is -0.487 e. The molecule has 1 aromatic heterocycles. The largest absolute Gasteiger partial charge is 0.487 e. The summed E-state index contributed by atoms with van der Waals surface area (Å²) in [5.41, 5.74) is 3.96. The SMILES string of the molecule is CCC(C)CC(=O)NCC1Cc2cc(C)cc(-c3ccc(OC)nn3)c2O1. The van der Waals surface area contributed by atoms with E-state index in [-0.39, 0.29) is 12.0 Å². The number of aromatic nitrogens is 2. The van der Waals surface area contributed by atoms with Crippen molar-refractivity contribution in [2.75, 3.05) is 13.7 Å². The molecule has 0 bridgehead atoms. The van der Waals surface area contributed by atoms with E-state index in [1.54, 1.807) is 13.2 Å². The fourth-order valence-corrected chi connectivity index (χ4v) is 3.23. The van der Waals surface area contributed by atoms with Crippen molar-refractivity contribution in [3.05, 3.63) is 35.4 Å². The fourth-order valence-electron chi connectivity index (χ4n) is 3.23. The lowest BCUT2D eigenvalue weighted by molar-refractivity contribution is -0.122. The van der Waals surface area contributed by atoms with E-state index in [0.717, 1.165) is 41.0 Å². The van der Waals surface area contributed by atoms with Crippen LogP contribution < -0.4 is 14.8 Å². The molecular formula is C21H27N3O3. The molecule has 3 rings (SSSR count). The molecule has 6 heteroatoms. The van der Waals surface area contributed by atoms with E-state index in [2.05, 4.69) is 48.4 Å². The molecule has 1 aliphatic rings. The Hall–Kier alpha value is -2.63. The van der Waals surface area contributed by atoms with Crippen LogP contribution in [0, 0.1) is 12.8 Å². The Kier molecular flexibility index (Phi) is 5.94. The van der Waals surface area contributed by atoms with E-state index in [4.69, 9.17) is 9.47 Å². The minimum atomic E-state index is -0.0624. The summed E-state index contributed by atoms with van der Waals surface area (Å²) < 4.78 is 11.3. The van der Waals surface area contributed by atoms with Crippen LogP contribution in [0.3, 0.4) is 0 Å². The second kappa shape index (κ2) is 8.37. The van der Waals surface area contributed by atoms with Crippen LogP contribution >= 0.6 is 0 Å². The molecule has 1 amide bonds. The normalized spacial score (nSPS) is 16.4. The average molecular weight is 369 g/mol. The molecular weight excluding hydrogens is 342 g/mol. The molecule has 27 heavy (non-hydrogen) atoms. The van der Waals surface area contributed by atoms with Gasteiger partial charge in [0.15, 0.2) is 0 Å². The Morgan fingerprint density at radius 1 is 1.37 bits per heavy atom. The highest BCUT2D eigenvalue weighted by Gasteiger charge is 2.27. The van der Waals surface area contributed by atoms with E-state index in [0.29, 0.717) is 24.8 Å². The van der Waals surface area contributed by atoms with Crippen molar-refractivity contribution in [3.63, 3.8) is 0 Å². The zero-order chi connectivity index (χ0) is 19.4. The van der Waals surface area contributed by atoms with Crippen LogP contribution in [-0.2, 0) is 11.2 Å². The highest BCUT2D eigenvalue weighted by Crippen LogP contribution is 2.39. The topological polar surface area (TPSA) is 73.3 Å². The fraction of sp³-hybridized carbons (Fsp3) is 0.476. The summed E-state index contributed by atoms with van der Waals surface area (Å²) in [7, 11) is 1.57. The van der Waals surface area contributed by atoms with Crippen LogP contribution in [0.2, 0.25) is 0 Å². The maximum atomic E-state index is 12.0. The summed E-state index contributed by atoms with van der Waals surface area (Å²) >= 11 is 0. The highest BCUT2D eigenvalue weighted by molar-refractivity contribution is 5.76. The van der Waals surface area contributed by atoms with Gasteiger partial charge in [-0.3, -0.25) is 4.79 Å². The van der Waals surface area contributed by atoms with Crippen LogP contribution in [0.4, 0.5) is 0 Å². The summed E-state index contributed by atoms with van der Waals surface area (Å²) in [6.07, 6.45) is 2.27. The number of nitrogens with one attached hydrogen (secondary N) is 1. The van der Waals surface area contributed by atoms with Crippen LogP contribution in [0.1, 0.15) is 37.8 Å². The van der Waals surface area contributed by atoms with Gasteiger partial charge in [-0.25, -0.2) is 0 Å². The Bertz CT molecular complexity index is 805. The monoisotopic (exact) mass is 369 g/mol. The van der Waals surface area contributed by atoms with Gasteiger partial charge in [0.25, 0.3) is 0 Å². The molecule has 0 fully saturated rings. The van der Waals surface area contributed by atoms with E-state index in [1.165, 1.54) is 0 Å². The van der Waals surface area contributed by atoms with Gasteiger partial charge < -0.3 is 14.8 Å². The van der Waals surface area contributed by atoms with Crippen molar-refractivity contribution < 1.29 is 14.3 Å². The molecule has 0 saturated heterocycles. The van der Waals surface area contributed by atoms with Gasteiger partial charge in [-0.05, 0) is 36.1 Å². The third kappa shape index (κ3) is 4.56. The molecule has 0 saturated carbocycles. The van der Waals surface area contributed by atoms with E-state index in [1.807, 2.05) is 6.07 Å². The second-order valence-corrected chi connectivity index (χ2v) is 7.23. The number of hydrogen-bond donors (Lipinski definition) is 1. The zero-order valence-corrected chi connectivity index (χ0v) is 16.4. The molecule has 144 valence electrons. The molecule has 2 aromatic rings. The Morgan fingerprint density at radius 3 is 2.85 bits per heavy atom. The number of carbonyl (C=O) groups is 1. The average Bonchev–Trinajstić information content (AvgIpc) is 3.08.